The Morgan fingerprint density at radius 3 is 2.17 bits per heavy atom. The molecule has 2 atom stereocenters. The molecule has 36 heavy (non-hydrogen) atoms. The number of carbonyl (C=O) groups excluding carboxylic acids is 6. The number of hydrogen-bond acceptors (Lipinski definition) is 10. The number of hydrogen-bond donors (Lipinski definition) is 1. The van der Waals surface area contributed by atoms with Gasteiger partial charge in [0.2, 0.25) is 5.91 Å². The monoisotopic (exact) mass is 531 g/mol. The van der Waals surface area contributed by atoms with Gasteiger partial charge in [0.05, 0.1) is 12.5 Å². The van der Waals surface area contributed by atoms with Crippen LogP contribution in [0.4, 0.5) is 0 Å². The molecule has 12 nitrogen and oxygen atoms in total. The van der Waals surface area contributed by atoms with Crippen molar-refractivity contribution < 1.29 is 42.0 Å². The van der Waals surface area contributed by atoms with E-state index in [-0.39, 0.29) is 60.7 Å². The van der Waals surface area contributed by atoms with Crippen LogP contribution in [0.3, 0.4) is 0 Å². The van der Waals surface area contributed by atoms with Crippen LogP contribution in [0.5, 0.6) is 0 Å². The van der Waals surface area contributed by atoms with Crippen molar-refractivity contribution in [2.45, 2.75) is 82.4 Å². The fourth-order valence-electron chi connectivity index (χ4n) is 3.78. The third kappa shape index (κ3) is 10.9. The standard InChI is InChI=1S/C23H37N3O9S/c1-16(27)24-14-6-5-11-18(25(2)3)19(29)12-7-9-17(28)10-8-13-22(31)35-26-21(30)15-20(23(26)32)36(4,33)34/h18,20H,5-15H2,1-4H3,(H,24,27). The first kappa shape index (κ1) is 31.4. The number of amides is 3. The molecule has 0 bridgehead atoms. The molecule has 1 N–H and O–H groups in total. The number of imide groups is 1. The smallest absolute Gasteiger partial charge is 0.333 e. The molecule has 0 aromatic rings. The second kappa shape index (κ2) is 14.8. The van der Waals surface area contributed by atoms with Crippen LogP contribution in [-0.2, 0) is 43.4 Å². The molecule has 1 rings (SSSR count). The number of carbonyl (C=O) groups is 6. The summed E-state index contributed by atoms with van der Waals surface area (Å²) in [5.41, 5.74) is 0. The minimum atomic E-state index is -3.81. The maximum absolute atomic E-state index is 12.6. The van der Waals surface area contributed by atoms with Crippen molar-refractivity contribution in [2.75, 3.05) is 26.9 Å². The molecule has 0 aliphatic carbocycles. The second-order valence-corrected chi connectivity index (χ2v) is 11.4. The highest BCUT2D eigenvalue weighted by atomic mass is 32.2. The molecule has 3 amide bonds. The fourth-order valence-corrected chi connectivity index (χ4v) is 4.68. The number of unbranched alkanes of at least 4 members (excludes halogenated alkanes) is 1. The fraction of sp³-hybridized carbons (Fsp3) is 0.739. The van der Waals surface area contributed by atoms with E-state index < -0.39 is 39.3 Å². The molecule has 0 spiro atoms. The number of hydroxylamine groups is 2. The lowest BCUT2D eigenvalue weighted by molar-refractivity contribution is -0.197. The quantitative estimate of drug-likeness (QED) is 0.204. The lowest BCUT2D eigenvalue weighted by atomic mass is 9.98. The van der Waals surface area contributed by atoms with Crippen LogP contribution >= 0.6 is 0 Å². The largest absolute Gasteiger partial charge is 0.356 e. The maximum atomic E-state index is 12.6. The maximum Gasteiger partial charge on any atom is 0.333 e. The number of ketones is 2. The highest BCUT2D eigenvalue weighted by molar-refractivity contribution is 7.92. The van der Waals surface area contributed by atoms with Crippen molar-refractivity contribution in [3.8, 4) is 0 Å². The Labute approximate surface area is 211 Å². The van der Waals surface area contributed by atoms with E-state index in [0.717, 1.165) is 19.1 Å². The topological polar surface area (TPSA) is 164 Å². The molecule has 13 heteroatoms. The molecular weight excluding hydrogens is 494 g/mol. The first-order valence-electron chi connectivity index (χ1n) is 12.0. The van der Waals surface area contributed by atoms with Crippen molar-refractivity contribution in [3.05, 3.63) is 0 Å². The molecule has 0 saturated carbocycles. The SMILES string of the molecule is CC(=O)NCCCCC(C(=O)CCCC(=O)CCCC(=O)ON1C(=O)CC(S(C)(=O)=O)C1=O)N(C)C. The molecule has 1 aliphatic rings. The molecule has 0 aromatic heterocycles. The minimum absolute atomic E-state index is 0.0447. The number of nitrogens with one attached hydrogen (secondary N) is 1. The van der Waals surface area contributed by atoms with Crippen molar-refractivity contribution in [1.29, 1.82) is 0 Å². The van der Waals surface area contributed by atoms with Crippen LogP contribution in [-0.4, -0.2) is 91.8 Å². The minimum Gasteiger partial charge on any atom is -0.356 e. The van der Waals surface area contributed by atoms with Gasteiger partial charge in [-0.3, -0.25) is 28.9 Å². The van der Waals surface area contributed by atoms with E-state index >= 15 is 0 Å². The number of rotatable bonds is 17. The highest BCUT2D eigenvalue weighted by Gasteiger charge is 2.46. The molecule has 0 radical (unpaired) electrons. The van der Waals surface area contributed by atoms with Gasteiger partial charge in [-0.1, -0.05) is 0 Å². The average Bonchev–Trinajstić information content (AvgIpc) is 3.04. The van der Waals surface area contributed by atoms with Crippen LogP contribution in [0.2, 0.25) is 0 Å². The van der Waals surface area contributed by atoms with Gasteiger partial charge in [0, 0.05) is 45.4 Å². The summed E-state index contributed by atoms with van der Waals surface area (Å²) >= 11 is 0. The summed E-state index contributed by atoms with van der Waals surface area (Å²) in [6.07, 6.45) is 3.26. The van der Waals surface area contributed by atoms with Gasteiger partial charge in [-0.25, -0.2) is 13.2 Å². The normalized spacial score (nSPS) is 16.8. The van der Waals surface area contributed by atoms with E-state index in [4.69, 9.17) is 4.84 Å². The first-order valence-corrected chi connectivity index (χ1v) is 13.9. The second-order valence-electron chi connectivity index (χ2n) is 9.18. The summed E-state index contributed by atoms with van der Waals surface area (Å²) in [7, 11) is -0.156. The van der Waals surface area contributed by atoms with Gasteiger partial charge in [0.15, 0.2) is 15.1 Å². The van der Waals surface area contributed by atoms with E-state index in [1.54, 1.807) is 0 Å². The van der Waals surface area contributed by atoms with Crippen molar-refractivity contribution in [1.82, 2.24) is 15.3 Å². The number of Topliss-reactive ketones (excluding diaryl/α,β-unsaturated/α-hetero) is 2. The van der Waals surface area contributed by atoms with Crippen molar-refractivity contribution >= 4 is 45.1 Å². The Morgan fingerprint density at radius 2 is 1.64 bits per heavy atom. The van der Waals surface area contributed by atoms with Gasteiger partial charge < -0.3 is 10.2 Å². The van der Waals surface area contributed by atoms with Gasteiger partial charge in [0.25, 0.3) is 11.8 Å². The average molecular weight is 532 g/mol. The third-order valence-corrected chi connectivity index (χ3v) is 7.16. The molecule has 204 valence electrons. The molecule has 2 unspecified atom stereocenters. The zero-order valence-corrected chi connectivity index (χ0v) is 22.2. The Balaban J connectivity index is 2.30. The van der Waals surface area contributed by atoms with Crippen molar-refractivity contribution in [2.24, 2.45) is 0 Å². The lowest BCUT2D eigenvalue weighted by Gasteiger charge is -2.23. The van der Waals surface area contributed by atoms with E-state index in [0.29, 0.717) is 19.4 Å². The van der Waals surface area contributed by atoms with Crippen LogP contribution in [0.25, 0.3) is 0 Å². The van der Waals surface area contributed by atoms with Crippen molar-refractivity contribution in [3.63, 3.8) is 0 Å². The van der Waals surface area contributed by atoms with Gasteiger partial charge in [-0.2, -0.15) is 0 Å². The summed E-state index contributed by atoms with van der Waals surface area (Å²) in [4.78, 5) is 77.9. The predicted molar refractivity (Wildman–Crippen MR) is 129 cm³/mol. The summed E-state index contributed by atoms with van der Waals surface area (Å²) in [5, 5.41) is 1.34. The van der Waals surface area contributed by atoms with Gasteiger partial charge >= 0.3 is 5.97 Å². The van der Waals surface area contributed by atoms with E-state index in [9.17, 15) is 37.2 Å². The molecule has 1 heterocycles. The zero-order chi connectivity index (χ0) is 27.5. The molecule has 1 fully saturated rings. The highest BCUT2D eigenvalue weighted by Crippen LogP contribution is 2.20. The Morgan fingerprint density at radius 1 is 1.03 bits per heavy atom. The van der Waals surface area contributed by atoms with E-state index in [1.807, 2.05) is 19.0 Å². The summed E-state index contributed by atoms with van der Waals surface area (Å²) in [6, 6.07) is -0.259. The third-order valence-electron chi connectivity index (χ3n) is 5.76. The Kier molecular flexibility index (Phi) is 12.9. The van der Waals surface area contributed by atoms with E-state index in [2.05, 4.69) is 5.32 Å². The summed E-state index contributed by atoms with van der Waals surface area (Å²) in [5.74, 6) is -3.09. The van der Waals surface area contributed by atoms with Crippen LogP contribution in [0.15, 0.2) is 0 Å². The lowest BCUT2D eigenvalue weighted by Crippen LogP contribution is -2.36. The predicted octanol–water partition coefficient (Wildman–Crippen LogP) is 0.332. The van der Waals surface area contributed by atoms with Crippen LogP contribution < -0.4 is 5.32 Å². The van der Waals surface area contributed by atoms with Gasteiger partial charge in [0.1, 0.15) is 11.6 Å². The first-order chi connectivity index (χ1) is 16.7. The molecule has 1 aliphatic heterocycles. The number of likely N-dealkylation sites (N-methyl/N-ethyl adjacent to an activating group) is 1. The zero-order valence-electron chi connectivity index (χ0n) is 21.4. The van der Waals surface area contributed by atoms with Gasteiger partial charge in [-0.15, -0.1) is 5.06 Å². The summed E-state index contributed by atoms with van der Waals surface area (Å²) in [6.45, 7) is 2.02. The number of sulfone groups is 1. The Hall–Kier alpha value is -2.67. The number of nitrogens with zero attached hydrogens (tertiary/aromatic N) is 2. The molecular formula is C23H37N3O9S. The van der Waals surface area contributed by atoms with Crippen LogP contribution in [0, 0.1) is 0 Å². The van der Waals surface area contributed by atoms with Crippen LogP contribution in [0.1, 0.15) is 71.1 Å². The Bertz CT molecular complexity index is 946. The summed E-state index contributed by atoms with van der Waals surface area (Å²) < 4.78 is 23.1. The van der Waals surface area contributed by atoms with E-state index in [1.165, 1.54) is 6.92 Å². The molecule has 0 aromatic carbocycles. The van der Waals surface area contributed by atoms with Gasteiger partial charge in [-0.05, 0) is 46.2 Å². The molecule has 1 saturated heterocycles.